The molecule has 1 fully saturated rings. The zero-order valence-corrected chi connectivity index (χ0v) is 13.3. The van der Waals surface area contributed by atoms with Crippen molar-refractivity contribution in [1.82, 2.24) is 9.47 Å². The third-order valence-corrected chi connectivity index (χ3v) is 4.67. The lowest BCUT2D eigenvalue weighted by molar-refractivity contribution is 0.0869. The zero-order chi connectivity index (χ0) is 16.9. The number of rotatable bonds is 3. The molecule has 1 aromatic carbocycles. The number of halogens is 4. The van der Waals surface area contributed by atoms with Gasteiger partial charge in [-0.2, -0.15) is 0 Å². The molecule has 0 aliphatic carbocycles. The molecule has 1 atom stereocenters. The van der Waals surface area contributed by atoms with E-state index in [0.717, 1.165) is 0 Å². The highest BCUT2D eigenvalue weighted by molar-refractivity contribution is 9.10. The largest absolute Gasteiger partial charge is 0.465 e. The van der Waals surface area contributed by atoms with E-state index in [9.17, 15) is 18.0 Å². The van der Waals surface area contributed by atoms with Crippen molar-refractivity contribution in [2.75, 3.05) is 13.1 Å². The maximum atomic E-state index is 13.8. The molecule has 0 radical (unpaired) electrons. The van der Waals surface area contributed by atoms with Gasteiger partial charge in [0, 0.05) is 30.2 Å². The highest BCUT2D eigenvalue weighted by Gasteiger charge is 2.34. The van der Waals surface area contributed by atoms with Crippen LogP contribution in [-0.4, -0.2) is 40.2 Å². The summed E-state index contributed by atoms with van der Waals surface area (Å²) >= 11 is 3.08. The van der Waals surface area contributed by atoms with Crippen LogP contribution in [0.25, 0.3) is 10.9 Å². The summed E-state index contributed by atoms with van der Waals surface area (Å²) in [6, 6.07) is 0.941. The second-order valence-corrected chi connectivity index (χ2v) is 6.33. The highest BCUT2D eigenvalue weighted by Crippen LogP contribution is 2.35. The highest BCUT2D eigenvalue weighted by atomic mass is 79.9. The Kier molecular flexibility index (Phi) is 4.01. The van der Waals surface area contributed by atoms with Crippen molar-refractivity contribution in [3.05, 3.63) is 34.2 Å². The maximum Gasteiger partial charge on any atom is 0.407 e. The Morgan fingerprint density at radius 3 is 2.61 bits per heavy atom. The molecule has 1 amide bonds. The third kappa shape index (κ3) is 2.67. The van der Waals surface area contributed by atoms with E-state index in [4.69, 9.17) is 10.8 Å². The van der Waals surface area contributed by atoms with Crippen LogP contribution in [0.5, 0.6) is 0 Å². The first-order chi connectivity index (χ1) is 10.8. The smallest absolute Gasteiger partial charge is 0.407 e. The third-order valence-electron chi connectivity index (χ3n) is 4.06. The molecule has 23 heavy (non-hydrogen) atoms. The van der Waals surface area contributed by atoms with Crippen molar-refractivity contribution in [3.63, 3.8) is 0 Å². The van der Waals surface area contributed by atoms with Gasteiger partial charge in [0.25, 0.3) is 6.43 Å². The number of hydrogen-bond acceptors (Lipinski definition) is 2. The molecule has 2 aromatic rings. The Hall–Kier alpha value is -1.74. The number of alkyl halides is 2. The molecular formula is C14H13BrF3N3O2. The Labute approximate surface area is 137 Å². The van der Waals surface area contributed by atoms with E-state index in [-0.39, 0.29) is 29.2 Å². The van der Waals surface area contributed by atoms with E-state index in [2.05, 4.69) is 15.9 Å². The molecule has 124 valence electrons. The Bertz CT molecular complexity index is 774. The molecule has 9 heteroatoms. The normalized spacial score (nSPS) is 16.9. The van der Waals surface area contributed by atoms with Gasteiger partial charge in [-0.1, -0.05) is 0 Å². The maximum absolute atomic E-state index is 13.8. The fourth-order valence-electron chi connectivity index (χ4n) is 2.76. The van der Waals surface area contributed by atoms with Crippen LogP contribution >= 0.6 is 15.9 Å². The molecule has 1 saturated heterocycles. The topological polar surface area (TPSA) is 71.5 Å². The van der Waals surface area contributed by atoms with Crippen LogP contribution in [0.3, 0.4) is 0 Å². The first kappa shape index (κ1) is 16.1. The van der Waals surface area contributed by atoms with Gasteiger partial charge in [0.2, 0.25) is 0 Å². The summed E-state index contributed by atoms with van der Waals surface area (Å²) in [7, 11) is 0. The minimum Gasteiger partial charge on any atom is -0.465 e. The van der Waals surface area contributed by atoms with E-state index < -0.39 is 24.4 Å². The number of aromatic nitrogens is 1. The van der Waals surface area contributed by atoms with Gasteiger partial charge in [-0.25, -0.2) is 18.0 Å². The van der Waals surface area contributed by atoms with Crippen molar-refractivity contribution in [1.29, 1.82) is 0 Å². The molecule has 3 N–H and O–H groups in total. The van der Waals surface area contributed by atoms with Crippen LogP contribution in [-0.2, 0) is 0 Å². The predicted molar refractivity (Wildman–Crippen MR) is 81.2 cm³/mol. The lowest BCUT2D eigenvalue weighted by Crippen LogP contribution is -2.49. The zero-order valence-electron chi connectivity index (χ0n) is 11.7. The number of likely N-dealkylation sites (tertiary alicyclic amines) is 1. The van der Waals surface area contributed by atoms with Crippen LogP contribution < -0.4 is 5.73 Å². The summed E-state index contributed by atoms with van der Waals surface area (Å²) in [5, 5.41) is 9.21. The van der Waals surface area contributed by atoms with E-state index in [1.807, 2.05) is 0 Å². The van der Waals surface area contributed by atoms with Crippen LogP contribution in [0.1, 0.15) is 17.6 Å². The van der Waals surface area contributed by atoms with Crippen LogP contribution in [0.4, 0.5) is 18.0 Å². The van der Waals surface area contributed by atoms with Crippen LogP contribution in [0, 0.1) is 5.82 Å². The average molecular weight is 392 g/mol. The van der Waals surface area contributed by atoms with Crippen molar-refractivity contribution < 1.29 is 23.1 Å². The molecule has 0 spiro atoms. The number of benzene rings is 1. The fourth-order valence-corrected chi connectivity index (χ4v) is 3.09. The van der Waals surface area contributed by atoms with Gasteiger partial charge in [-0.3, -0.25) is 0 Å². The molecule has 5 nitrogen and oxygen atoms in total. The van der Waals surface area contributed by atoms with E-state index >= 15 is 0 Å². The standard InChI is InChI=1S/C14H13BrF3N3O2/c15-9-2-11-7(1-10(9)16)8(12(19)13(17)18)5-21(11)6-3-20(4-6)14(22)23/h1-2,5-6,12-13H,3-4,19H2,(H,22,23). The average Bonchev–Trinajstić information content (AvgIpc) is 2.75. The summed E-state index contributed by atoms with van der Waals surface area (Å²) in [6.07, 6.45) is -2.34. The number of nitrogens with two attached hydrogens (primary N) is 1. The molecule has 0 bridgehead atoms. The molecule has 1 unspecified atom stereocenters. The molecule has 1 aromatic heterocycles. The molecule has 1 aliphatic rings. The Balaban J connectivity index is 2.08. The second-order valence-electron chi connectivity index (χ2n) is 5.48. The van der Waals surface area contributed by atoms with Crippen molar-refractivity contribution >= 4 is 32.9 Å². The van der Waals surface area contributed by atoms with Crippen LogP contribution in [0.2, 0.25) is 0 Å². The first-order valence-corrected chi connectivity index (χ1v) is 7.60. The second kappa shape index (κ2) is 5.72. The van der Waals surface area contributed by atoms with E-state index in [0.29, 0.717) is 10.9 Å². The summed E-state index contributed by atoms with van der Waals surface area (Å²) < 4.78 is 41.6. The number of carboxylic acid groups (broad SMARTS) is 1. The number of nitrogens with zero attached hydrogens (tertiary/aromatic N) is 2. The summed E-state index contributed by atoms with van der Waals surface area (Å²) in [4.78, 5) is 12.1. The van der Waals surface area contributed by atoms with Gasteiger partial charge >= 0.3 is 6.09 Å². The van der Waals surface area contributed by atoms with Gasteiger partial charge in [0.05, 0.1) is 22.1 Å². The minimum atomic E-state index is -2.78. The Morgan fingerprint density at radius 2 is 2.04 bits per heavy atom. The Morgan fingerprint density at radius 1 is 1.39 bits per heavy atom. The number of amides is 1. The van der Waals surface area contributed by atoms with Crippen molar-refractivity contribution in [2.45, 2.75) is 18.5 Å². The number of carbonyl (C=O) groups is 1. The SMILES string of the molecule is NC(c1cn(C2CN(C(=O)O)C2)c2cc(Br)c(F)cc12)C(F)F. The van der Waals surface area contributed by atoms with E-state index in [1.54, 1.807) is 4.57 Å². The monoisotopic (exact) mass is 391 g/mol. The summed E-state index contributed by atoms with van der Waals surface area (Å²) in [5.41, 5.74) is 6.23. The van der Waals surface area contributed by atoms with Gasteiger partial charge in [0.15, 0.2) is 0 Å². The van der Waals surface area contributed by atoms with Gasteiger partial charge in [0.1, 0.15) is 5.82 Å². The fraction of sp³-hybridized carbons (Fsp3) is 0.357. The summed E-state index contributed by atoms with van der Waals surface area (Å²) in [5.74, 6) is -0.571. The van der Waals surface area contributed by atoms with Gasteiger partial charge in [-0.15, -0.1) is 0 Å². The molecule has 0 saturated carbocycles. The quantitative estimate of drug-likeness (QED) is 0.842. The number of fused-ring (bicyclic) bond motifs is 1. The van der Waals surface area contributed by atoms with Gasteiger partial charge in [-0.05, 0) is 28.1 Å². The lowest BCUT2D eigenvalue weighted by atomic mass is 10.1. The van der Waals surface area contributed by atoms with Crippen molar-refractivity contribution in [3.8, 4) is 0 Å². The van der Waals surface area contributed by atoms with Gasteiger partial charge < -0.3 is 20.3 Å². The number of hydrogen-bond donors (Lipinski definition) is 2. The first-order valence-electron chi connectivity index (χ1n) is 6.80. The lowest BCUT2D eigenvalue weighted by Gasteiger charge is -2.38. The van der Waals surface area contributed by atoms with E-state index in [1.165, 1.54) is 23.2 Å². The predicted octanol–water partition coefficient (Wildman–Crippen LogP) is 3.34. The molecule has 3 rings (SSSR count). The van der Waals surface area contributed by atoms with Crippen molar-refractivity contribution in [2.24, 2.45) is 5.73 Å². The molecule has 2 heterocycles. The van der Waals surface area contributed by atoms with Crippen LogP contribution in [0.15, 0.2) is 22.8 Å². The summed E-state index contributed by atoms with van der Waals surface area (Å²) in [6.45, 7) is 0.495. The molecular weight excluding hydrogens is 379 g/mol. The minimum absolute atomic E-state index is 0.148. The molecule has 1 aliphatic heterocycles.